The quantitative estimate of drug-likeness (QED) is 0.444. The van der Waals surface area contributed by atoms with E-state index in [1.165, 1.54) is 0 Å². The molecule has 0 spiro atoms. The average Bonchev–Trinajstić information content (AvgIpc) is 2.38. The second kappa shape index (κ2) is 7.96. The highest BCUT2D eigenvalue weighted by molar-refractivity contribution is 7.88. The molecule has 0 saturated carbocycles. The van der Waals surface area contributed by atoms with Crippen molar-refractivity contribution in [1.29, 1.82) is 0 Å². The third kappa shape index (κ3) is 7.65. The van der Waals surface area contributed by atoms with Crippen LogP contribution in [-0.2, 0) is 14.8 Å². The molecule has 9 heteroatoms. The van der Waals surface area contributed by atoms with Crippen LogP contribution in [0.5, 0.6) is 0 Å². The number of hydrogen-bond acceptors (Lipinski definition) is 4. The lowest BCUT2D eigenvalue weighted by molar-refractivity contribution is -0.132. The Kier molecular flexibility index (Phi) is 6.82. The molecule has 1 unspecified atom stereocenters. The summed E-state index contributed by atoms with van der Waals surface area (Å²) >= 11 is 0. The first kappa shape index (κ1) is 19.7. The van der Waals surface area contributed by atoms with Crippen molar-refractivity contribution < 1.29 is 13.2 Å². The molecule has 0 aliphatic carbocycles. The van der Waals surface area contributed by atoms with Crippen LogP contribution in [0.3, 0.4) is 0 Å². The number of nitrogens with zero attached hydrogens (tertiary/aromatic N) is 2. The summed E-state index contributed by atoms with van der Waals surface area (Å²) in [4.78, 5) is 17.7. The Morgan fingerprint density at radius 3 is 2.61 bits per heavy atom. The molecule has 1 atom stereocenters. The minimum absolute atomic E-state index is 0.140. The molecule has 0 radical (unpaired) electrons. The van der Waals surface area contributed by atoms with Gasteiger partial charge in [0, 0.05) is 38.1 Å². The summed E-state index contributed by atoms with van der Waals surface area (Å²) in [6, 6.07) is 0.140. The van der Waals surface area contributed by atoms with Gasteiger partial charge in [0.1, 0.15) is 0 Å². The fourth-order valence-corrected chi connectivity index (χ4v) is 3.52. The van der Waals surface area contributed by atoms with E-state index in [1.807, 2.05) is 6.92 Å². The monoisotopic (exact) mass is 347 g/mol. The lowest BCUT2D eigenvalue weighted by Crippen LogP contribution is -2.52. The molecule has 1 aliphatic rings. The molecule has 0 bridgehead atoms. The smallest absolute Gasteiger partial charge is 0.222 e. The second-order valence-electron chi connectivity index (χ2n) is 6.61. The Morgan fingerprint density at radius 1 is 1.43 bits per heavy atom. The number of piperidine rings is 1. The summed E-state index contributed by atoms with van der Waals surface area (Å²) < 4.78 is 25.3. The van der Waals surface area contributed by atoms with Crippen molar-refractivity contribution in [2.75, 3.05) is 32.9 Å². The third-order valence-electron chi connectivity index (χ3n) is 3.41. The zero-order valence-electron chi connectivity index (χ0n) is 14.6. The number of nitrogens with one attached hydrogen (secondary N) is 3. The lowest BCUT2D eigenvalue weighted by Gasteiger charge is -2.31. The Hall–Kier alpha value is -1.35. The van der Waals surface area contributed by atoms with E-state index in [0.717, 1.165) is 12.7 Å². The van der Waals surface area contributed by atoms with Gasteiger partial charge in [-0.15, -0.1) is 0 Å². The zero-order chi connectivity index (χ0) is 17.7. The molecule has 0 aromatic heterocycles. The summed E-state index contributed by atoms with van der Waals surface area (Å²) in [6.07, 6.45) is 2.42. The predicted molar refractivity (Wildman–Crippen MR) is 91.8 cm³/mol. The number of sulfonamides is 1. The number of rotatable bonds is 6. The van der Waals surface area contributed by atoms with E-state index in [-0.39, 0.29) is 11.9 Å². The van der Waals surface area contributed by atoms with Gasteiger partial charge in [0.25, 0.3) is 0 Å². The molecular weight excluding hydrogens is 318 g/mol. The zero-order valence-corrected chi connectivity index (χ0v) is 15.5. The van der Waals surface area contributed by atoms with Gasteiger partial charge >= 0.3 is 0 Å². The maximum atomic E-state index is 11.5. The molecule has 0 aromatic carbocycles. The van der Waals surface area contributed by atoms with Crippen LogP contribution in [0.1, 0.15) is 33.6 Å². The number of aliphatic imine (C=N–C) groups is 1. The van der Waals surface area contributed by atoms with Gasteiger partial charge in [-0.1, -0.05) is 0 Å². The molecule has 3 N–H and O–H groups in total. The van der Waals surface area contributed by atoms with Crippen molar-refractivity contribution in [1.82, 2.24) is 20.3 Å². The number of likely N-dealkylation sites (tertiary alicyclic amines) is 1. The summed E-state index contributed by atoms with van der Waals surface area (Å²) in [7, 11) is -1.50. The number of carbonyl (C=O) groups is 1. The fourth-order valence-electron chi connectivity index (χ4n) is 2.45. The van der Waals surface area contributed by atoms with Crippen LogP contribution in [-0.4, -0.2) is 69.7 Å². The maximum Gasteiger partial charge on any atom is 0.222 e. The van der Waals surface area contributed by atoms with Crippen molar-refractivity contribution in [2.24, 2.45) is 4.99 Å². The third-order valence-corrected chi connectivity index (χ3v) is 4.33. The van der Waals surface area contributed by atoms with Crippen molar-refractivity contribution in [2.45, 2.75) is 45.2 Å². The average molecular weight is 347 g/mol. The first-order valence-corrected chi connectivity index (χ1v) is 9.69. The minimum atomic E-state index is -3.29. The first-order valence-electron chi connectivity index (χ1n) is 7.80. The molecule has 1 rings (SSSR count). The Balaban J connectivity index is 2.68. The lowest BCUT2D eigenvalue weighted by atomic mass is 10.1. The largest absolute Gasteiger partial charge is 0.357 e. The Labute approximate surface area is 139 Å². The van der Waals surface area contributed by atoms with Crippen LogP contribution in [0.25, 0.3) is 0 Å². The normalized spacial score (nSPS) is 20.6. The highest BCUT2D eigenvalue weighted by Gasteiger charge is 2.25. The van der Waals surface area contributed by atoms with Gasteiger partial charge in [0.2, 0.25) is 15.9 Å². The predicted octanol–water partition coefficient (Wildman–Crippen LogP) is -0.510. The van der Waals surface area contributed by atoms with E-state index in [9.17, 15) is 13.2 Å². The molecule has 1 heterocycles. The molecule has 1 fully saturated rings. The van der Waals surface area contributed by atoms with Gasteiger partial charge in [-0.25, -0.2) is 13.1 Å². The molecule has 8 nitrogen and oxygen atoms in total. The van der Waals surface area contributed by atoms with Crippen LogP contribution < -0.4 is 15.4 Å². The van der Waals surface area contributed by atoms with Gasteiger partial charge in [-0.05, 0) is 27.2 Å². The van der Waals surface area contributed by atoms with E-state index in [4.69, 9.17) is 0 Å². The van der Waals surface area contributed by atoms with Gasteiger partial charge in [0.05, 0.1) is 12.8 Å². The van der Waals surface area contributed by atoms with E-state index >= 15 is 0 Å². The molecule has 23 heavy (non-hydrogen) atoms. The van der Waals surface area contributed by atoms with Crippen LogP contribution >= 0.6 is 0 Å². The molecular formula is C14H29N5O3S. The molecule has 1 saturated heterocycles. The van der Waals surface area contributed by atoms with Crippen LogP contribution in [0.4, 0.5) is 0 Å². The number of likely N-dealkylation sites (N-methyl/N-ethyl adjacent to an activating group) is 1. The SMILES string of the molecule is CCNC(=NCC(C)(C)NS(C)(=O)=O)NC1CCC(=O)N(C)C1. The Bertz CT molecular complexity index is 545. The minimum Gasteiger partial charge on any atom is -0.357 e. The molecule has 1 aliphatic heterocycles. The van der Waals surface area contributed by atoms with E-state index in [2.05, 4.69) is 20.3 Å². The maximum absolute atomic E-state index is 11.5. The van der Waals surface area contributed by atoms with Crippen LogP contribution in [0.2, 0.25) is 0 Å². The Morgan fingerprint density at radius 2 is 2.09 bits per heavy atom. The molecule has 0 aromatic rings. The second-order valence-corrected chi connectivity index (χ2v) is 8.36. The topological polar surface area (TPSA) is 103 Å². The summed E-state index contributed by atoms with van der Waals surface area (Å²) in [5.41, 5.74) is -0.671. The van der Waals surface area contributed by atoms with Crippen LogP contribution in [0.15, 0.2) is 4.99 Å². The fraction of sp³-hybridized carbons (Fsp3) is 0.857. The number of amides is 1. The van der Waals surface area contributed by atoms with Gasteiger partial charge < -0.3 is 15.5 Å². The summed E-state index contributed by atoms with van der Waals surface area (Å²) in [5.74, 6) is 0.784. The van der Waals surface area contributed by atoms with Crippen molar-refractivity contribution >= 4 is 21.9 Å². The number of hydrogen-bond donors (Lipinski definition) is 3. The highest BCUT2D eigenvalue weighted by atomic mass is 32.2. The van der Waals surface area contributed by atoms with Crippen molar-refractivity contribution in [3.8, 4) is 0 Å². The van der Waals surface area contributed by atoms with Crippen molar-refractivity contribution in [3.63, 3.8) is 0 Å². The van der Waals surface area contributed by atoms with Gasteiger partial charge in [-0.3, -0.25) is 9.79 Å². The van der Waals surface area contributed by atoms with Crippen LogP contribution in [0, 0.1) is 0 Å². The van der Waals surface area contributed by atoms with Crippen molar-refractivity contribution in [3.05, 3.63) is 0 Å². The molecule has 134 valence electrons. The standard InChI is InChI=1S/C14H29N5O3S/c1-6-15-13(16-10-14(2,3)18-23(5,21)22)17-11-7-8-12(20)19(4)9-11/h11,18H,6-10H2,1-5H3,(H2,15,16,17). The van der Waals surface area contributed by atoms with Gasteiger partial charge in [-0.2, -0.15) is 0 Å². The summed E-state index contributed by atoms with van der Waals surface area (Å²) in [6.45, 7) is 7.17. The molecule has 1 amide bonds. The summed E-state index contributed by atoms with van der Waals surface area (Å²) in [5, 5.41) is 6.46. The van der Waals surface area contributed by atoms with E-state index in [0.29, 0.717) is 32.0 Å². The van der Waals surface area contributed by atoms with Gasteiger partial charge in [0.15, 0.2) is 5.96 Å². The number of guanidine groups is 1. The number of carbonyl (C=O) groups excluding carboxylic acids is 1. The first-order chi connectivity index (χ1) is 10.5. The highest BCUT2D eigenvalue weighted by Crippen LogP contribution is 2.10. The van der Waals surface area contributed by atoms with E-state index < -0.39 is 15.6 Å². The van der Waals surface area contributed by atoms with E-state index in [1.54, 1.807) is 25.8 Å².